The molecule has 0 spiro atoms. The van der Waals surface area contributed by atoms with Crippen molar-refractivity contribution in [1.82, 2.24) is 20.1 Å². The van der Waals surface area contributed by atoms with Crippen molar-refractivity contribution in [2.45, 2.75) is 45.3 Å². The monoisotopic (exact) mass is 393 g/mol. The number of aryl methyl sites for hydroxylation is 1. The Morgan fingerprint density at radius 1 is 1.21 bits per heavy atom. The van der Waals surface area contributed by atoms with Gasteiger partial charge in [0.15, 0.2) is 5.65 Å². The van der Waals surface area contributed by atoms with Gasteiger partial charge in [0.2, 0.25) is 5.91 Å². The Labute approximate surface area is 170 Å². The minimum absolute atomic E-state index is 0.00225. The predicted octanol–water partition coefficient (Wildman–Crippen LogP) is 2.90. The summed E-state index contributed by atoms with van der Waals surface area (Å²) >= 11 is 0. The van der Waals surface area contributed by atoms with E-state index in [0.717, 1.165) is 60.4 Å². The first-order valence-electron chi connectivity index (χ1n) is 10.2. The summed E-state index contributed by atoms with van der Waals surface area (Å²) in [5, 5.41) is 12.2. The highest BCUT2D eigenvalue weighted by molar-refractivity contribution is 5.91. The topological polar surface area (TPSA) is 81.1 Å². The highest BCUT2D eigenvalue weighted by atomic mass is 16.5. The number of anilines is 1. The van der Waals surface area contributed by atoms with E-state index in [1.165, 1.54) is 0 Å². The number of carbonyl (C=O) groups is 1. The molecule has 152 valence electrons. The van der Waals surface area contributed by atoms with E-state index in [0.29, 0.717) is 19.0 Å². The van der Waals surface area contributed by atoms with Gasteiger partial charge in [0.05, 0.1) is 23.7 Å². The highest BCUT2D eigenvalue weighted by Crippen LogP contribution is 2.28. The molecular weight excluding hydrogens is 366 g/mol. The lowest BCUT2D eigenvalue weighted by molar-refractivity contribution is -0.120. The maximum atomic E-state index is 12.4. The number of nitrogens with zero attached hydrogens (tertiary/aromatic N) is 3. The summed E-state index contributed by atoms with van der Waals surface area (Å²) in [6.45, 7) is 4.78. The molecule has 2 aromatic heterocycles. The molecule has 0 saturated carbocycles. The number of amides is 1. The molecular formula is C22H27N5O2. The Bertz CT molecular complexity index is 964. The summed E-state index contributed by atoms with van der Waals surface area (Å²) in [4.78, 5) is 17.0. The van der Waals surface area contributed by atoms with Crippen LogP contribution in [0.15, 0.2) is 42.7 Å². The lowest BCUT2D eigenvalue weighted by Crippen LogP contribution is -2.29. The van der Waals surface area contributed by atoms with E-state index in [-0.39, 0.29) is 5.91 Å². The van der Waals surface area contributed by atoms with Crippen molar-refractivity contribution in [2.75, 3.05) is 18.5 Å². The van der Waals surface area contributed by atoms with Gasteiger partial charge in [-0.15, -0.1) is 0 Å². The molecule has 3 aromatic rings. The maximum Gasteiger partial charge on any atom is 0.224 e. The third-order valence-electron chi connectivity index (χ3n) is 5.30. The SMILES string of the molecule is CCn1ncc2c(NC3CCOCC3)c(CNC(=O)Cc3ccccc3)cnc21. The summed E-state index contributed by atoms with van der Waals surface area (Å²) in [5.74, 6) is -0.00225. The number of pyridine rings is 1. The Hall–Kier alpha value is -2.93. The fourth-order valence-corrected chi connectivity index (χ4v) is 3.69. The quantitative estimate of drug-likeness (QED) is 0.645. The van der Waals surface area contributed by atoms with Gasteiger partial charge >= 0.3 is 0 Å². The van der Waals surface area contributed by atoms with Gasteiger partial charge in [-0.2, -0.15) is 5.10 Å². The van der Waals surface area contributed by atoms with Crippen LogP contribution in [0.4, 0.5) is 5.69 Å². The van der Waals surface area contributed by atoms with Crippen LogP contribution < -0.4 is 10.6 Å². The minimum atomic E-state index is -0.00225. The van der Waals surface area contributed by atoms with Gasteiger partial charge in [0.1, 0.15) is 0 Å². The summed E-state index contributed by atoms with van der Waals surface area (Å²) in [6.07, 6.45) is 6.01. The van der Waals surface area contributed by atoms with Crippen molar-refractivity contribution in [3.05, 3.63) is 53.9 Å². The number of carbonyl (C=O) groups excluding carboxylic acids is 1. The molecule has 1 fully saturated rings. The Morgan fingerprint density at radius 3 is 2.76 bits per heavy atom. The fraction of sp³-hybridized carbons (Fsp3) is 0.409. The number of nitrogens with one attached hydrogen (secondary N) is 2. The number of benzene rings is 1. The smallest absolute Gasteiger partial charge is 0.224 e. The molecule has 7 heteroatoms. The molecule has 3 heterocycles. The molecule has 4 rings (SSSR count). The summed E-state index contributed by atoms with van der Waals surface area (Å²) in [5.41, 5.74) is 3.85. The van der Waals surface area contributed by atoms with Gasteiger partial charge in [-0.05, 0) is 25.3 Å². The number of rotatable bonds is 7. The number of aromatic nitrogens is 3. The largest absolute Gasteiger partial charge is 0.381 e. The van der Waals surface area contributed by atoms with Crippen molar-refractivity contribution >= 4 is 22.6 Å². The first kappa shape index (κ1) is 19.4. The molecule has 0 atom stereocenters. The second-order valence-corrected chi connectivity index (χ2v) is 7.33. The van der Waals surface area contributed by atoms with Crippen molar-refractivity contribution < 1.29 is 9.53 Å². The van der Waals surface area contributed by atoms with Gasteiger partial charge in [-0.3, -0.25) is 4.79 Å². The lowest BCUT2D eigenvalue weighted by Gasteiger charge is -2.25. The van der Waals surface area contributed by atoms with Crippen LogP contribution in [-0.4, -0.2) is 39.9 Å². The number of hydrogen-bond acceptors (Lipinski definition) is 5. The van der Waals surface area contributed by atoms with E-state index in [4.69, 9.17) is 4.74 Å². The molecule has 1 aliphatic heterocycles. The van der Waals surface area contributed by atoms with Crippen LogP contribution in [0, 0.1) is 0 Å². The third kappa shape index (κ3) is 4.56. The van der Waals surface area contributed by atoms with Crippen LogP contribution in [0.1, 0.15) is 30.9 Å². The zero-order valence-electron chi connectivity index (χ0n) is 16.7. The standard InChI is InChI=1S/C22H27N5O2/c1-2-27-22-19(15-25-27)21(26-18-8-10-29-11-9-18)17(14-24-22)13-23-20(28)12-16-6-4-3-5-7-16/h3-7,14-15,18H,2,8-13H2,1H3,(H,23,28)(H,24,26). The first-order valence-corrected chi connectivity index (χ1v) is 10.2. The maximum absolute atomic E-state index is 12.4. The average Bonchev–Trinajstić information content (AvgIpc) is 3.18. The van der Waals surface area contributed by atoms with Crippen LogP contribution >= 0.6 is 0 Å². The van der Waals surface area contributed by atoms with E-state index in [1.807, 2.05) is 47.4 Å². The van der Waals surface area contributed by atoms with Gasteiger partial charge in [0, 0.05) is 44.1 Å². The molecule has 0 radical (unpaired) electrons. The second-order valence-electron chi connectivity index (χ2n) is 7.33. The highest BCUT2D eigenvalue weighted by Gasteiger charge is 2.19. The molecule has 1 saturated heterocycles. The Balaban J connectivity index is 1.53. The molecule has 0 unspecified atom stereocenters. The number of ether oxygens (including phenoxy) is 1. The van der Waals surface area contributed by atoms with Crippen molar-refractivity contribution in [3.8, 4) is 0 Å². The van der Waals surface area contributed by atoms with Gasteiger partial charge in [-0.1, -0.05) is 30.3 Å². The van der Waals surface area contributed by atoms with Crippen molar-refractivity contribution in [1.29, 1.82) is 0 Å². The van der Waals surface area contributed by atoms with Crippen molar-refractivity contribution in [3.63, 3.8) is 0 Å². The van der Waals surface area contributed by atoms with Crippen LogP contribution in [-0.2, 0) is 29.0 Å². The van der Waals surface area contributed by atoms with Gasteiger partial charge < -0.3 is 15.4 Å². The van der Waals surface area contributed by atoms with Crippen LogP contribution in [0.2, 0.25) is 0 Å². The molecule has 0 bridgehead atoms. The third-order valence-corrected chi connectivity index (χ3v) is 5.30. The summed E-state index contributed by atoms with van der Waals surface area (Å²) in [7, 11) is 0. The van der Waals surface area contributed by atoms with Crippen LogP contribution in [0.3, 0.4) is 0 Å². The van der Waals surface area contributed by atoms with E-state index < -0.39 is 0 Å². The van der Waals surface area contributed by atoms with E-state index in [2.05, 4.69) is 27.6 Å². The normalized spacial score (nSPS) is 14.8. The molecule has 7 nitrogen and oxygen atoms in total. The summed E-state index contributed by atoms with van der Waals surface area (Å²) < 4.78 is 7.38. The second kappa shape index (κ2) is 9.05. The minimum Gasteiger partial charge on any atom is -0.381 e. The van der Waals surface area contributed by atoms with E-state index >= 15 is 0 Å². The van der Waals surface area contributed by atoms with Crippen LogP contribution in [0.5, 0.6) is 0 Å². The molecule has 0 aliphatic carbocycles. The van der Waals surface area contributed by atoms with Crippen LogP contribution in [0.25, 0.3) is 11.0 Å². The number of hydrogen-bond donors (Lipinski definition) is 2. The molecule has 1 aliphatic rings. The molecule has 2 N–H and O–H groups in total. The molecule has 1 aromatic carbocycles. The summed E-state index contributed by atoms with van der Waals surface area (Å²) in [6, 6.07) is 10.1. The number of fused-ring (bicyclic) bond motifs is 1. The Kier molecular flexibility index (Phi) is 6.05. The fourth-order valence-electron chi connectivity index (χ4n) is 3.69. The zero-order valence-corrected chi connectivity index (χ0v) is 16.7. The Morgan fingerprint density at radius 2 is 2.00 bits per heavy atom. The average molecular weight is 393 g/mol. The van der Waals surface area contributed by atoms with Gasteiger partial charge in [-0.25, -0.2) is 9.67 Å². The first-order chi connectivity index (χ1) is 14.2. The van der Waals surface area contributed by atoms with E-state index in [1.54, 1.807) is 0 Å². The van der Waals surface area contributed by atoms with Gasteiger partial charge in [0.25, 0.3) is 0 Å². The molecule has 1 amide bonds. The zero-order chi connectivity index (χ0) is 20.1. The van der Waals surface area contributed by atoms with Crippen molar-refractivity contribution in [2.24, 2.45) is 0 Å². The predicted molar refractivity (Wildman–Crippen MR) is 113 cm³/mol. The van der Waals surface area contributed by atoms with E-state index in [9.17, 15) is 4.79 Å². The molecule has 29 heavy (non-hydrogen) atoms. The lowest BCUT2D eigenvalue weighted by atomic mass is 10.1.